The van der Waals surface area contributed by atoms with Gasteiger partial charge in [-0.2, -0.15) is 0 Å². The van der Waals surface area contributed by atoms with Gasteiger partial charge in [-0.15, -0.1) is 0 Å². The van der Waals surface area contributed by atoms with E-state index in [-0.39, 0.29) is 5.69 Å². The van der Waals surface area contributed by atoms with Gasteiger partial charge in [0.15, 0.2) is 5.82 Å². The largest absolute Gasteiger partial charge is 0.311 e. The second kappa shape index (κ2) is 6.90. The highest BCUT2D eigenvalue weighted by Crippen LogP contribution is 2.26. The average Bonchev–Trinajstić information content (AvgIpc) is 2.47. The molecule has 0 fully saturated rings. The Balaban J connectivity index is 2.23. The minimum atomic E-state index is -0.414. The van der Waals surface area contributed by atoms with E-state index in [0.29, 0.717) is 23.9 Å². The van der Waals surface area contributed by atoms with Crippen LogP contribution in [-0.2, 0) is 6.54 Å². The van der Waals surface area contributed by atoms with E-state index in [0.717, 1.165) is 12.2 Å². The zero-order valence-corrected chi connectivity index (χ0v) is 12.1. The third kappa shape index (κ3) is 4.06. The first-order chi connectivity index (χ1) is 10.1. The summed E-state index contributed by atoms with van der Waals surface area (Å²) >= 11 is 0. The molecular formula is C15H18N4O2. The Bertz CT molecular complexity index is 629. The van der Waals surface area contributed by atoms with E-state index < -0.39 is 4.92 Å². The van der Waals surface area contributed by atoms with Crippen LogP contribution in [0.2, 0.25) is 0 Å². The Morgan fingerprint density at radius 2 is 2.05 bits per heavy atom. The Morgan fingerprint density at radius 1 is 1.29 bits per heavy atom. The number of para-hydroxylation sites is 1. The standard InChI is InChI=1S/C15H18N4O2/c1-11(2)9-16-10-12-7-8-17-15(18-12)13-5-3-4-6-14(13)19(20)21/h3-8,11,16H,9-10H2,1-2H3. The first-order valence-corrected chi connectivity index (χ1v) is 6.84. The highest BCUT2D eigenvalue weighted by molar-refractivity contribution is 5.67. The fraction of sp³-hybridized carbons (Fsp3) is 0.333. The van der Waals surface area contributed by atoms with Crippen molar-refractivity contribution in [1.29, 1.82) is 0 Å². The van der Waals surface area contributed by atoms with E-state index in [1.807, 2.05) is 6.07 Å². The molecule has 0 amide bonds. The van der Waals surface area contributed by atoms with Crippen LogP contribution in [0.15, 0.2) is 36.5 Å². The Morgan fingerprint density at radius 3 is 2.76 bits per heavy atom. The van der Waals surface area contributed by atoms with Gasteiger partial charge in [0.25, 0.3) is 5.69 Å². The third-order valence-corrected chi connectivity index (χ3v) is 2.91. The predicted molar refractivity (Wildman–Crippen MR) is 80.7 cm³/mol. The van der Waals surface area contributed by atoms with Crippen molar-refractivity contribution in [3.8, 4) is 11.4 Å². The molecule has 0 aliphatic carbocycles. The lowest BCUT2D eigenvalue weighted by molar-refractivity contribution is -0.384. The van der Waals surface area contributed by atoms with Gasteiger partial charge in [0, 0.05) is 18.8 Å². The molecule has 1 aromatic heterocycles. The molecule has 0 aliphatic heterocycles. The fourth-order valence-electron chi connectivity index (χ4n) is 1.94. The van der Waals surface area contributed by atoms with E-state index >= 15 is 0 Å². The van der Waals surface area contributed by atoms with Gasteiger partial charge in [-0.05, 0) is 24.6 Å². The lowest BCUT2D eigenvalue weighted by atomic mass is 10.1. The molecule has 2 aromatic rings. The van der Waals surface area contributed by atoms with Crippen LogP contribution in [0.3, 0.4) is 0 Å². The molecule has 0 bridgehead atoms. The maximum absolute atomic E-state index is 11.1. The van der Waals surface area contributed by atoms with E-state index in [1.165, 1.54) is 6.07 Å². The van der Waals surface area contributed by atoms with Crippen LogP contribution < -0.4 is 5.32 Å². The van der Waals surface area contributed by atoms with Crippen LogP contribution >= 0.6 is 0 Å². The van der Waals surface area contributed by atoms with Gasteiger partial charge in [0.05, 0.1) is 16.2 Å². The van der Waals surface area contributed by atoms with Crippen molar-refractivity contribution < 1.29 is 4.92 Å². The molecule has 0 atom stereocenters. The second-order valence-corrected chi connectivity index (χ2v) is 5.17. The van der Waals surface area contributed by atoms with Crippen molar-refractivity contribution in [1.82, 2.24) is 15.3 Å². The molecule has 1 aromatic carbocycles. The van der Waals surface area contributed by atoms with Crippen molar-refractivity contribution in [2.75, 3.05) is 6.54 Å². The third-order valence-electron chi connectivity index (χ3n) is 2.91. The minimum Gasteiger partial charge on any atom is -0.311 e. The average molecular weight is 286 g/mol. The summed E-state index contributed by atoms with van der Waals surface area (Å²) in [6.07, 6.45) is 1.63. The molecule has 0 unspecified atom stereocenters. The molecule has 2 rings (SSSR count). The Labute approximate surface area is 123 Å². The van der Waals surface area contributed by atoms with Crippen LogP contribution in [-0.4, -0.2) is 21.4 Å². The number of nitro groups is 1. The summed E-state index contributed by atoms with van der Waals surface area (Å²) in [6, 6.07) is 8.32. The Kier molecular flexibility index (Phi) is 4.94. The molecule has 0 spiro atoms. The number of nitrogens with one attached hydrogen (secondary N) is 1. The number of aromatic nitrogens is 2. The molecule has 21 heavy (non-hydrogen) atoms. The van der Waals surface area contributed by atoms with Crippen molar-refractivity contribution in [3.05, 3.63) is 52.3 Å². The summed E-state index contributed by atoms with van der Waals surface area (Å²) in [5.74, 6) is 0.938. The fourth-order valence-corrected chi connectivity index (χ4v) is 1.94. The van der Waals surface area contributed by atoms with Gasteiger partial charge in [0.1, 0.15) is 0 Å². The minimum absolute atomic E-state index is 0.0183. The second-order valence-electron chi connectivity index (χ2n) is 5.17. The quantitative estimate of drug-likeness (QED) is 0.652. The van der Waals surface area contributed by atoms with Gasteiger partial charge in [-0.3, -0.25) is 10.1 Å². The zero-order valence-electron chi connectivity index (χ0n) is 12.1. The first-order valence-electron chi connectivity index (χ1n) is 6.84. The molecule has 0 radical (unpaired) electrons. The topological polar surface area (TPSA) is 81.0 Å². The molecule has 6 nitrogen and oxygen atoms in total. The number of rotatable bonds is 6. The maximum atomic E-state index is 11.1. The predicted octanol–water partition coefficient (Wildman–Crippen LogP) is 2.80. The maximum Gasteiger partial charge on any atom is 0.280 e. The van der Waals surface area contributed by atoms with E-state index in [9.17, 15) is 10.1 Å². The van der Waals surface area contributed by atoms with E-state index in [1.54, 1.807) is 24.4 Å². The number of hydrogen-bond donors (Lipinski definition) is 1. The summed E-state index contributed by atoms with van der Waals surface area (Å²) in [5, 5.41) is 14.4. The van der Waals surface area contributed by atoms with Crippen LogP contribution in [0, 0.1) is 16.0 Å². The van der Waals surface area contributed by atoms with Crippen molar-refractivity contribution in [2.24, 2.45) is 5.92 Å². The summed E-state index contributed by atoms with van der Waals surface area (Å²) < 4.78 is 0. The first kappa shape index (κ1) is 15.1. The van der Waals surface area contributed by atoms with E-state index in [2.05, 4.69) is 29.1 Å². The lowest BCUT2D eigenvalue weighted by Crippen LogP contribution is -2.19. The van der Waals surface area contributed by atoms with Crippen LogP contribution in [0.4, 0.5) is 5.69 Å². The zero-order chi connectivity index (χ0) is 15.2. The summed E-state index contributed by atoms with van der Waals surface area (Å²) in [7, 11) is 0. The number of nitro benzene ring substituents is 1. The molecule has 1 heterocycles. The summed E-state index contributed by atoms with van der Waals surface area (Å²) in [4.78, 5) is 19.2. The SMILES string of the molecule is CC(C)CNCc1ccnc(-c2ccccc2[N+](=O)[O-])n1. The van der Waals surface area contributed by atoms with Gasteiger partial charge >= 0.3 is 0 Å². The number of nitrogens with zero attached hydrogens (tertiary/aromatic N) is 3. The van der Waals surface area contributed by atoms with Crippen LogP contribution in [0.5, 0.6) is 0 Å². The van der Waals surface area contributed by atoms with Gasteiger partial charge < -0.3 is 5.32 Å². The number of hydrogen-bond acceptors (Lipinski definition) is 5. The smallest absolute Gasteiger partial charge is 0.280 e. The van der Waals surface area contributed by atoms with Gasteiger partial charge in [0.2, 0.25) is 0 Å². The number of benzene rings is 1. The highest BCUT2D eigenvalue weighted by Gasteiger charge is 2.16. The van der Waals surface area contributed by atoms with Crippen LogP contribution in [0.1, 0.15) is 19.5 Å². The molecule has 0 saturated carbocycles. The van der Waals surface area contributed by atoms with Gasteiger partial charge in [-0.25, -0.2) is 9.97 Å². The molecule has 1 N–H and O–H groups in total. The highest BCUT2D eigenvalue weighted by atomic mass is 16.6. The molecule has 0 aliphatic rings. The Hall–Kier alpha value is -2.34. The van der Waals surface area contributed by atoms with E-state index in [4.69, 9.17) is 0 Å². The van der Waals surface area contributed by atoms with Crippen molar-refractivity contribution in [2.45, 2.75) is 20.4 Å². The normalized spacial score (nSPS) is 10.8. The molecule has 6 heteroatoms. The van der Waals surface area contributed by atoms with Crippen molar-refractivity contribution in [3.63, 3.8) is 0 Å². The molecule has 0 saturated heterocycles. The summed E-state index contributed by atoms with van der Waals surface area (Å²) in [5.41, 5.74) is 1.27. The van der Waals surface area contributed by atoms with Crippen molar-refractivity contribution >= 4 is 5.69 Å². The van der Waals surface area contributed by atoms with Gasteiger partial charge in [-0.1, -0.05) is 26.0 Å². The lowest BCUT2D eigenvalue weighted by Gasteiger charge is -2.08. The molecule has 110 valence electrons. The molecular weight excluding hydrogens is 268 g/mol. The summed E-state index contributed by atoms with van der Waals surface area (Å²) in [6.45, 7) is 5.77. The van der Waals surface area contributed by atoms with Crippen LogP contribution in [0.25, 0.3) is 11.4 Å². The monoisotopic (exact) mass is 286 g/mol.